The van der Waals surface area contributed by atoms with Crippen molar-refractivity contribution in [1.29, 1.82) is 0 Å². The van der Waals surface area contributed by atoms with Crippen LogP contribution in [0.1, 0.15) is 0 Å². The van der Waals surface area contributed by atoms with Crippen LogP contribution in [0.25, 0.3) is 0 Å². The molecular formula is CCl3Li. The van der Waals surface area contributed by atoms with Gasteiger partial charge in [0.25, 0.3) is 0 Å². The van der Waals surface area contributed by atoms with Crippen LogP contribution in [-0.4, -0.2) is 20.2 Å². The summed E-state index contributed by atoms with van der Waals surface area (Å²) in [4.78, 5) is 0. The van der Waals surface area contributed by atoms with Gasteiger partial charge >= 0.3 is 55.0 Å². The zero-order valence-electron chi connectivity index (χ0n) is 2.63. The third kappa shape index (κ3) is 30.5. The van der Waals surface area contributed by atoms with E-state index in [9.17, 15) is 0 Å². The molecule has 0 aliphatic carbocycles. The van der Waals surface area contributed by atoms with Crippen LogP contribution in [0.15, 0.2) is 0 Å². The molecule has 5 heavy (non-hydrogen) atoms. The second-order valence-electron chi connectivity index (χ2n) is 0.781. The molecule has 0 rings (SSSR count). The third-order valence-electron chi connectivity index (χ3n) is 0. The molecule has 4 heteroatoms. The van der Waals surface area contributed by atoms with E-state index >= 15 is 0 Å². The van der Waals surface area contributed by atoms with Crippen LogP contribution in [0.5, 0.6) is 0 Å². The standard InChI is InChI=1S/CCl3.Li/c2-1(3)4;. The van der Waals surface area contributed by atoms with Crippen molar-refractivity contribution >= 4 is 52.5 Å². The van der Waals surface area contributed by atoms with Crippen molar-refractivity contribution in [3.63, 3.8) is 0 Å². The first-order valence-corrected chi connectivity index (χ1v) is 2.20. The molecule has 0 unspecified atom stereocenters. The van der Waals surface area contributed by atoms with E-state index in [1.165, 1.54) is 17.7 Å². The van der Waals surface area contributed by atoms with Gasteiger partial charge in [0.05, 0.1) is 0 Å². The molecule has 0 N–H and O–H groups in total. The quantitative estimate of drug-likeness (QED) is 0.340. The van der Waals surface area contributed by atoms with E-state index < -0.39 is 2.47 Å². The van der Waals surface area contributed by atoms with Gasteiger partial charge in [-0.3, -0.25) is 0 Å². The van der Waals surface area contributed by atoms with Crippen molar-refractivity contribution < 1.29 is 0 Å². The topological polar surface area (TPSA) is 0 Å². The predicted molar refractivity (Wildman–Crippen MR) is 26.0 cm³/mol. The third-order valence-corrected chi connectivity index (χ3v) is 0. The van der Waals surface area contributed by atoms with Gasteiger partial charge in [0.15, 0.2) is 0 Å². The summed E-state index contributed by atoms with van der Waals surface area (Å²) in [5.74, 6) is 0. The first kappa shape index (κ1) is 6.47. The Morgan fingerprint density at radius 2 is 1.20 bits per heavy atom. The van der Waals surface area contributed by atoms with E-state index in [1.807, 2.05) is 0 Å². The van der Waals surface area contributed by atoms with Gasteiger partial charge in [0, 0.05) is 0 Å². The molecule has 0 spiro atoms. The van der Waals surface area contributed by atoms with Crippen LogP contribution in [-0.2, 0) is 0 Å². The summed E-state index contributed by atoms with van der Waals surface area (Å²) in [6.45, 7) is 0. The SMILES string of the molecule is [Li][C](Cl)(Cl)Cl. The average Bonchev–Trinajstić information content (AvgIpc) is 0.722. The monoisotopic (exact) mass is 124 g/mol. The van der Waals surface area contributed by atoms with E-state index in [0.29, 0.717) is 0 Å². The minimum atomic E-state index is -1.08. The van der Waals surface area contributed by atoms with Crippen LogP contribution in [0.2, 0.25) is 0 Å². The maximum atomic E-state index is 5.06. The summed E-state index contributed by atoms with van der Waals surface area (Å²) in [6.07, 6.45) is 0. The van der Waals surface area contributed by atoms with Crippen molar-refractivity contribution in [2.45, 2.75) is 2.47 Å². The van der Waals surface area contributed by atoms with Crippen LogP contribution < -0.4 is 0 Å². The van der Waals surface area contributed by atoms with Gasteiger partial charge < -0.3 is 0 Å². The van der Waals surface area contributed by atoms with E-state index in [2.05, 4.69) is 0 Å². The van der Waals surface area contributed by atoms with Crippen LogP contribution in [0, 0.1) is 0 Å². The fourth-order valence-corrected chi connectivity index (χ4v) is 0. The Balaban J connectivity index is 3.02. The molecule has 0 saturated heterocycles. The number of halogens is 3. The fraction of sp³-hybridized carbons (Fsp3) is 1.00. The molecule has 0 aliphatic heterocycles. The molecule has 0 radical (unpaired) electrons. The van der Waals surface area contributed by atoms with E-state index in [0.717, 1.165) is 0 Å². The summed E-state index contributed by atoms with van der Waals surface area (Å²) in [5.41, 5.74) is 0. The average molecular weight is 125 g/mol. The Morgan fingerprint density at radius 3 is 1.20 bits per heavy atom. The molecule has 26 valence electrons. The van der Waals surface area contributed by atoms with Gasteiger partial charge in [-0.1, -0.05) is 0 Å². The van der Waals surface area contributed by atoms with Crippen LogP contribution in [0.3, 0.4) is 0 Å². The Labute approximate surface area is 55.0 Å². The van der Waals surface area contributed by atoms with Crippen molar-refractivity contribution in [1.82, 2.24) is 0 Å². The van der Waals surface area contributed by atoms with E-state index in [4.69, 9.17) is 34.8 Å². The normalized spacial score (nSPS) is 12.2. The Morgan fingerprint density at radius 1 is 1.20 bits per heavy atom. The second kappa shape index (κ2) is 1.96. The predicted octanol–water partition coefficient (Wildman–Crippen LogP) is 1.48. The zero-order chi connectivity index (χ0) is 4.50. The second-order valence-corrected chi connectivity index (χ2v) is 3.63. The molecule has 0 aliphatic rings. The van der Waals surface area contributed by atoms with Crippen molar-refractivity contribution in [2.24, 2.45) is 0 Å². The molecule has 0 fully saturated rings. The van der Waals surface area contributed by atoms with Gasteiger partial charge in [-0.25, -0.2) is 0 Å². The Bertz CT molecular complexity index is 22.4. The molecule has 0 heterocycles. The number of hydrogen-bond donors (Lipinski definition) is 0. The van der Waals surface area contributed by atoms with Gasteiger partial charge in [0.2, 0.25) is 0 Å². The molecule has 0 bridgehead atoms. The first-order valence-electron chi connectivity index (χ1n) is 1.07. The minimum absolute atomic E-state index is 1.08. The maximum absolute atomic E-state index is 5.06. The summed E-state index contributed by atoms with van der Waals surface area (Å²) < 4.78 is -1.08. The van der Waals surface area contributed by atoms with Gasteiger partial charge in [-0.05, 0) is 0 Å². The summed E-state index contributed by atoms with van der Waals surface area (Å²) in [7, 11) is 0. The number of alkyl halides is 3. The first-order chi connectivity index (χ1) is 2.00. The van der Waals surface area contributed by atoms with Crippen LogP contribution >= 0.6 is 34.8 Å². The molecule has 0 nitrogen and oxygen atoms in total. The molecular weight excluding hydrogens is 125 g/mol. The number of hydrogen-bond acceptors (Lipinski definition) is 0. The molecule has 0 saturated carbocycles. The summed E-state index contributed by atoms with van der Waals surface area (Å²) >= 11 is 16.7. The van der Waals surface area contributed by atoms with E-state index in [-0.39, 0.29) is 0 Å². The molecule has 0 aromatic heterocycles. The van der Waals surface area contributed by atoms with Crippen molar-refractivity contribution in [3.05, 3.63) is 0 Å². The zero-order valence-corrected chi connectivity index (χ0v) is 4.90. The van der Waals surface area contributed by atoms with Crippen molar-refractivity contribution in [2.75, 3.05) is 0 Å². The van der Waals surface area contributed by atoms with Gasteiger partial charge in [-0.15, -0.1) is 0 Å². The molecule has 0 amide bonds. The summed E-state index contributed by atoms with van der Waals surface area (Å²) in [6, 6.07) is 0. The van der Waals surface area contributed by atoms with Gasteiger partial charge in [-0.2, -0.15) is 0 Å². The molecule has 0 atom stereocenters. The summed E-state index contributed by atoms with van der Waals surface area (Å²) in [5, 5.41) is 0. The Kier molecular flexibility index (Phi) is 2.53. The van der Waals surface area contributed by atoms with Crippen LogP contribution in [0.4, 0.5) is 0 Å². The van der Waals surface area contributed by atoms with E-state index in [1.54, 1.807) is 0 Å². The molecule has 0 aromatic rings. The van der Waals surface area contributed by atoms with Gasteiger partial charge in [0.1, 0.15) is 0 Å². The number of rotatable bonds is 0. The molecule has 0 aromatic carbocycles. The fourth-order valence-electron chi connectivity index (χ4n) is 0. The van der Waals surface area contributed by atoms with Crippen molar-refractivity contribution in [3.8, 4) is 0 Å². The Hall–Kier alpha value is 1.47.